The molecule has 1 aromatic carbocycles. The second kappa shape index (κ2) is 6.03. The van der Waals surface area contributed by atoms with Crippen molar-refractivity contribution in [3.05, 3.63) is 28.8 Å². The Morgan fingerprint density at radius 3 is 2.61 bits per heavy atom. The van der Waals surface area contributed by atoms with Gasteiger partial charge in [-0.05, 0) is 24.6 Å². The van der Waals surface area contributed by atoms with Gasteiger partial charge in [0.25, 0.3) is 5.91 Å². The number of carbonyl (C=O) groups excluding carboxylic acids is 1. The molecule has 0 saturated carbocycles. The lowest BCUT2D eigenvalue weighted by atomic mass is 10.1. The molecule has 0 aliphatic carbocycles. The first-order valence-electron chi connectivity index (χ1n) is 5.13. The molecular weight excluding hydrogens is 278 g/mol. The second-order valence-electron chi connectivity index (χ2n) is 3.71. The molecule has 0 fully saturated rings. The van der Waals surface area contributed by atoms with E-state index < -0.39 is 10.0 Å². The number of hydrogen-bond acceptors (Lipinski definition) is 4. The smallest absolute Gasteiger partial charge is 0.253 e. The van der Waals surface area contributed by atoms with Crippen LogP contribution in [-0.2, 0) is 10.0 Å². The van der Waals surface area contributed by atoms with Gasteiger partial charge in [0, 0.05) is 17.3 Å². The van der Waals surface area contributed by atoms with E-state index in [4.69, 9.17) is 22.5 Å². The molecule has 1 amide bonds. The van der Waals surface area contributed by atoms with E-state index >= 15 is 0 Å². The first-order valence-corrected chi connectivity index (χ1v) is 7.22. The molecule has 6 nitrogen and oxygen atoms in total. The van der Waals surface area contributed by atoms with Gasteiger partial charge in [-0.1, -0.05) is 11.6 Å². The van der Waals surface area contributed by atoms with Crippen LogP contribution in [0.1, 0.15) is 16.8 Å². The maximum atomic E-state index is 11.7. The fourth-order valence-electron chi connectivity index (χ4n) is 1.31. The van der Waals surface area contributed by atoms with Crippen LogP contribution in [0.25, 0.3) is 0 Å². The van der Waals surface area contributed by atoms with E-state index in [1.54, 1.807) is 6.07 Å². The lowest BCUT2D eigenvalue weighted by Crippen LogP contribution is -2.27. The van der Waals surface area contributed by atoms with Crippen LogP contribution < -0.4 is 16.2 Å². The molecule has 8 heteroatoms. The Hall–Kier alpha value is -1.31. The number of amides is 1. The van der Waals surface area contributed by atoms with Gasteiger partial charge in [0.1, 0.15) is 0 Å². The molecule has 100 valence electrons. The van der Waals surface area contributed by atoms with Crippen LogP contribution in [0.5, 0.6) is 0 Å². The third-order valence-corrected chi connectivity index (χ3v) is 3.24. The van der Waals surface area contributed by atoms with E-state index in [1.807, 2.05) is 0 Å². The average Bonchev–Trinajstić information content (AvgIpc) is 2.22. The minimum atomic E-state index is -3.49. The first kappa shape index (κ1) is 14.7. The molecule has 0 aliphatic heterocycles. The number of sulfonamides is 1. The van der Waals surface area contributed by atoms with E-state index in [0.29, 0.717) is 10.6 Å². The molecule has 0 saturated heterocycles. The zero-order valence-corrected chi connectivity index (χ0v) is 11.1. The van der Waals surface area contributed by atoms with Crippen LogP contribution in [-0.4, -0.2) is 26.6 Å². The largest absolute Gasteiger partial charge is 0.398 e. The number of nitrogens with two attached hydrogens (primary N) is 2. The van der Waals surface area contributed by atoms with Crippen LogP contribution in [0.15, 0.2) is 18.2 Å². The summed E-state index contributed by atoms with van der Waals surface area (Å²) in [6.45, 7) is 0.206. The van der Waals surface area contributed by atoms with E-state index in [-0.39, 0.29) is 30.3 Å². The molecule has 0 bridgehead atoms. The predicted molar refractivity (Wildman–Crippen MR) is 70.8 cm³/mol. The second-order valence-corrected chi connectivity index (χ2v) is 5.88. The highest BCUT2D eigenvalue weighted by atomic mass is 35.5. The van der Waals surface area contributed by atoms with Crippen molar-refractivity contribution in [2.24, 2.45) is 5.14 Å². The SMILES string of the molecule is Nc1cc(Cl)ccc1C(=O)NCCCS(N)(=O)=O. The lowest BCUT2D eigenvalue weighted by molar-refractivity contribution is 0.0954. The maximum absolute atomic E-state index is 11.7. The van der Waals surface area contributed by atoms with Crippen molar-refractivity contribution in [1.82, 2.24) is 5.32 Å². The maximum Gasteiger partial charge on any atom is 0.253 e. The van der Waals surface area contributed by atoms with Gasteiger partial charge in [-0.2, -0.15) is 0 Å². The number of benzene rings is 1. The van der Waals surface area contributed by atoms with Crippen LogP contribution in [0.4, 0.5) is 5.69 Å². The van der Waals surface area contributed by atoms with Crippen molar-refractivity contribution in [2.45, 2.75) is 6.42 Å². The summed E-state index contributed by atoms with van der Waals surface area (Å²) in [4.78, 5) is 11.7. The lowest BCUT2D eigenvalue weighted by Gasteiger charge is -2.07. The molecule has 0 radical (unpaired) electrons. The zero-order valence-electron chi connectivity index (χ0n) is 9.52. The third kappa shape index (κ3) is 4.91. The normalized spacial score (nSPS) is 11.2. The summed E-state index contributed by atoms with van der Waals surface area (Å²) in [7, 11) is -3.49. The molecule has 1 rings (SSSR count). The van der Waals surface area contributed by atoms with Crippen molar-refractivity contribution in [2.75, 3.05) is 18.0 Å². The van der Waals surface area contributed by atoms with Gasteiger partial charge in [0.2, 0.25) is 10.0 Å². The number of nitrogen functional groups attached to an aromatic ring is 1. The van der Waals surface area contributed by atoms with Crippen molar-refractivity contribution >= 4 is 33.2 Å². The van der Waals surface area contributed by atoms with E-state index in [1.165, 1.54) is 12.1 Å². The van der Waals surface area contributed by atoms with Gasteiger partial charge < -0.3 is 11.1 Å². The Labute approximate surface area is 110 Å². The summed E-state index contributed by atoms with van der Waals surface area (Å²) in [5.74, 6) is -0.554. The predicted octanol–water partition coefficient (Wildman–Crippen LogP) is 0.331. The van der Waals surface area contributed by atoms with Crippen molar-refractivity contribution in [1.29, 1.82) is 0 Å². The number of rotatable bonds is 5. The fourth-order valence-corrected chi connectivity index (χ4v) is 2.04. The molecule has 0 unspecified atom stereocenters. The average molecular weight is 292 g/mol. The van der Waals surface area contributed by atoms with Gasteiger partial charge in [0.15, 0.2) is 0 Å². The zero-order chi connectivity index (χ0) is 13.8. The highest BCUT2D eigenvalue weighted by molar-refractivity contribution is 7.89. The highest BCUT2D eigenvalue weighted by Gasteiger charge is 2.09. The molecule has 0 aliphatic rings. The number of halogens is 1. The highest BCUT2D eigenvalue weighted by Crippen LogP contribution is 2.17. The topological polar surface area (TPSA) is 115 Å². The minimum absolute atomic E-state index is 0.177. The summed E-state index contributed by atoms with van der Waals surface area (Å²) >= 11 is 5.71. The molecule has 18 heavy (non-hydrogen) atoms. The van der Waals surface area contributed by atoms with E-state index in [2.05, 4.69) is 5.32 Å². The molecule has 0 atom stereocenters. The van der Waals surface area contributed by atoms with E-state index in [9.17, 15) is 13.2 Å². The Balaban J connectivity index is 2.51. The summed E-state index contributed by atoms with van der Waals surface area (Å²) in [5, 5.41) is 7.82. The molecule has 1 aromatic rings. The van der Waals surface area contributed by atoms with Gasteiger partial charge >= 0.3 is 0 Å². The van der Waals surface area contributed by atoms with Gasteiger partial charge in [0.05, 0.1) is 11.3 Å². The fraction of sp³-hybridized carbons (Fsp3) is 0.300. The molecule has 5 N–H and O–H groups in total. The summed E-state index contributed by atoms with van der Waals surface area (Å²) in [5.41, 5.74) is 6.21. The number of primary sulfonamides is 1. The molecule has 0 spiro atoms. The van der Waals surface area contributed by atoms with Gasteiger partial charge in [-0.15, -0.1) is 0 Å². The molecule has 0 aromatic heterocycles. The van der Waals surface area contributed by atoms with Crippen LogP contribution >= 0.6 is 11.6 Å². The van der Waals surface area contributed by atoms with Crippen LogP contribution in [0, 0.1) is 0 Å². The van der Waals surface area contributed by atoms with E-state index in [0.717, 1.165) is 0 Å². The number of hydrogen-bond donors (Lipinski definition) is 3. The Morgan fingerprint density at radius 2 is 2.06 bits per heavy atom. The Kier molecular flexibility index (Phi) is 4.94. The quantitative estimate of drug-likeness (QED) is 0.535. The monoisotopic (exact) mass is 291 g/mol. The Bertz CT molecular complexity index is 545. The number of carbonyl (C=O) groups is 1. The summed E-state index contributed by atoms with van der Waals surface area (Å²) in [6.07, 6.45) is 0.248. The van der Waals surface area contributed by atoms with Crippen molar-refractivity contribution in [3.8, 4) is 0 Å². The van der Waals surface area contributed by atoms with Gasteiger partial charge in [-0.25, -0.2) is 13.6 Å². The van der Waals surface area contributed by atoms with Gasteiger partial charge in [-0.3, -0.25) is 4.79 Å². The van der Waals surface area contributed by atoms with Crippen molar-refractivity contribution in [3.63, 3.8) is 0 Å². The molecule has 0 heterocycles. The third-order valence-electron chi connectivity index (χ3n) is 2.15. The van der Waals surface area contributed by atoms with Crippen molar-refractivity contribution < 1.29 is 13.2 Å². The number of anilines is 1. The summed E-state index contributed by atoms with van der Waals surface area (Å²) in [6, 6.07) is 4.53. The summed E-state index contributed by atoms with van der Waals surface area (Å²) < 4.78 is 21.3. The van der Waals surface area contributed by atoms with Crippen LogP contribution in [0.2, 0.25) is 5.02 Å². The Morgan fingerprint density at radius 1 is 1.39 bits per heavy atom. The van der Waals surface area contributed by atoms with Crippen LogP contribution in [0.3, 0.4) is 0 Å². The first-order chi connectivity index (χ1) is 8.29. The standard InChI is InChI=1S/C10H14ClN3O3S/c11-7-2-3-8(9(12)6-7)10(15)14-4-1-5-18(13,16)17/h2-3,6H,1,4-5,12H2,(H,14,15)(H2,13,16,17). The minimum Gasteiger partial charge on any atom is -0.398 e. The number of nitrogens with one attached hydrogen (secondary N) is 1. The molecular formula is C10H14ClN3O3S.